The van der Waals surface area contributed by atoms with Gasteiger partial charge in [-0.25, -0.2) is 4.68 Å². The number of halogens is 1. The highest BCUT2D eigenvalue weighted by Gasteiger charge is 2.16. The molecule has 3 aromatic rings. The molecule has 0 radical (unpaired) electrons. The number of carbonyl (C=O) groups is 1. The number of aryl methyl sites for hydroxylation is 2. The lowest BCUT2D eigenvalue weighted by Crippen LogP contribution is -2.33. The Kier molecular flexibility index (Phi) is 4.35. The van der Waals surface area contributed by atoms with Crippen molar-refractivity contribution in [2.45, 2.75) is 26.9 Å². The number of carbonyl (C=O) groups excluding carboxylic acids is 1. The van der Waals surface area contributed by atoms with Gasteiger partial charge in [-0.05, 0) is 31.5 Å². The van der Waals surface area contributed by atoms with E-state index >= 15 is 0 Å². The van der Waals surface area contributed by atoms with Crippen LogP contribution in [0.15, 0.2) is 33.6 Å². The van der Waals surface area contributed by atoms with Gasteiger partial charge in [-0.1, -0.05) is 28.9 Å². The lowest BCUT2D eigenvalue weighted by Gasteiger charge is -2.08. The van der Waals surface area contributed by atoms with E-state index in [0.29, 0.717) is 28.4 Å². The van der Waals surface area contributed by atoms with Gasteiger partial charge in [0.1, 0.15) is 12.3 Å². The van der Waals surface area contributed by atoms with Crippen LogP contribution >= 0.6 is 11.6 Å². The molecule has 1 amide bonds. The summed E-state index contributed by atoms with van der Waals surface area (Å²) in [6, 6.07) is 7.14. The molecule has 0 atom stereocenters. The topological polar surface area (TPSA) is 90.0 Å². The number of nitrogens with one attached hydrogen (secondary N) is 1. The van der Waals surface area contributed by atoms with Gasteiger partial charge in [0.15, 0.2) is 5.52 Å². The molecule has 0 saturated carbocycles. The Morgan fingerprint density at radius 3 is 2.71 bits per heavy atom. The van der Waals surface area contributed by atoms with Crippen LogP contribution < -0.4 is 10.9 Å². The molecule has 2 aromatic heterocycles. The molecule has 1 N–H and O–H groups in total. The number of fused-ring (bicyclic) bond motifs is 1. The van der Waals surface area contributed by atoms with Crippen LogP contribution in [0.5, 0.6) is 0 Å². The summed E-state index contributed by atoms with van der Waals surface area (Å²) in [6.07, 6.45) is 0. The maximum Gasteiger partial charge on any atom is 0.297 e. The Hall–Kier alpha value is -2.67. The standard InChI is InChI=1S/C16H15ClN4O3/c1-9-14-10(2)24-20-15(14)16(23)21(19-9)8-13(22)18-7-11-3-5-12(17)6-4-11/h3-6H,7-8H2,1-2H3,(H,18,22). The molecular formula is C16H15ClN4O3. The van der Waals surface area contributed by atoms with Gasteiger partial charge in [0.25, 0.3) is 5.56 Å². The second-order valence-corrected chi connectivity index (χ2v) is 5.85. The number of hydrogen-bond donors (Lipinski definition) is 1. The fourth-order valence-corrected chi connectivity index (χ4v) is 2.57. The minimum atomic E-state index is -0.450. The second kappa shape index (κ2) is 6.45. The Bertz CT molecular complexity index is 960. The molecule has 0 aliphatic rings. The predicted octanol–water partition coefficient (Wildman–Crippen LogP) is 1.97. The highest BCUT2D eigenvalue weighted by atomic mass is 35.5. The van der Waals surface area contributed by atoms with Gasteiger partial charge < -0.3 is 9.84 Å². The Morgan fingerprint density at radius 2 is 2.00 bits per heavy atom. The monoisotopic (exact) mass is 346 g/mol. The third-order valence-corrected chi connectivity index (χ3v) is 3.88. The number of aromatic nitrogens is 3. The molecule has 2 heterocycles. The summed E-state index contributed by atoms with van der Waals surface area (Å²) in [5.74, 6) is 0.213. The summed E-state index contributed by atoms with van der Waals surface area (Å²) in [5, 5.41) is 11.9. The highest BCUT2D eigenvalue weighted by molar-refractivity contribution is 6.30. The van der Waals surface area contributed by atoms with Crippen molar-refractivity contribution in [3.05, 3.63) is 56.7 Å². The number of rotatable bonds is 4. The Balaban J connectivity index is 1.75. The van der Waals surface area contributed by atoms with Crippen LogP contribution in [-0.4, -0.2) is 20.8 Å². The first-order valence-electron chi connectivity index (χ1n) is 7.30. The van der Waals surface area contributed by atoms with Gasteiger partial charge in [0.05, 0.1) is 11.1 Å². The summed E-state index contributed by atoms with van der Waals surface area (Å²) < 4.78 is 6.13. The van der Waals surface area contributed by atoms with E-state index in [1.165, 1.54) is 0 Å². The lowest BCUT2D eigenvalue weighted by molar-refractivity contribution is -0.122. The molecule has 0 fully saturated rings. The van der Waals surface area contributed by atoms with Crippen LogP contribution in [0.3, 0.4) is 0 Å². The van der Waals surface area contributed by atoms with Gasteiger partial charge in [-0.2, -0.15) is 5.10 Å². The van der Waals surface area contributed by atoms with Crippen molar-refractivity contribution in [2.75, 3.05) is 0 Å². The molecule has 0 saturated heterocycles. The number of benzene rings is 1. The van der Waals surface area contributed by atoms with Crippen molar-refractivity contribution >= 4 is 28.4 Å². The predicted molar refractivity (Wildman–Crippen MR) is 88.8 cm³/mol. The molecule has 1 aromatic carbocycles. The van der Waals surface area contributed by atoms with E-state index in [1.54, 1.807) is 26.0 Å². The Labute approximate surface area is 142 Å². The van der Waals surface area contributed by atoms with E-state index in [2.05, 4.69) is 15.6 Å². The van der Waals surface area contributed by atoms with Crippen molar-refractivity contribution in [3.8, 4) is 0 Å². The molecule has 0 aliphatic heterocycles. The number of nitrogens with zero attached hydrogens (tertiary/aromatic N) is 3. The molecule has 8 heteroatoms. The summed E-state index contributed by atoms with van der Waals surface area (Å²) in [4.78, 5) is 24.4. The quantitative estimate of drug-likeness (QED) is 0.780. The minimum Gasteiger partial charge on any atom is -0.360 e. The average molecular weight is 347 g/mol. The largest absolute Gasteiger partial charge is 0.360 e. The van der Waals surface area contributed by atoms with Crippen molar-refractivity contribution in [1.29, 1.82) is 0 Å². The van der Waals surface area contributed by atoms with Crippen molar-refractivity contribution in [1.82, 2.24) is 20.3 Å². The fraction of sp³-hybridized carbons (Fsp3) is 0.250. The second-order valence-electron chi connectivity index (χ2n) is 5.41. The number of amides is 1. The van der Waals surface area contributed by atoms with Crippen LogP contribution in [0.1, 0.15) is 17.0 Å². The van der Waals surface area contributed by atoms with Crippen molar-refractivity contribution in [3.63, 3.8) is 0 Å². The molecule has 24 heavy (non-hydrogen) atoms. The molecule has 0 aliphatic carbocycles. The SMILES string of the molecule is Cc1nn(CC(=O)NCc2ccc(Cl)cc2)c(=O)c2noc(C)c12. The molecule has 0 spiro atoms. The van der Waals surface area contributed by atoms with Crippen LogP contribution in [0.25, 0.3) is 10.9 Å². The summed E-state index contributed by atoms with van der Waals surface area (Å²) >= 11 is 5.82. The van der Waals surface area contributed by atoms with Gasteiger partial charge in [-0.3, -0.25) is 9.59 Å². The van der Waals surface area contributed by atoms with Gasteiger partial charge in [-0.15, -0.1) is 0 Å². The van der Waals surface area contributed by atoms with E-state index in [-0.39, 0.29) is 18.0 Å². The molecular weight excluding hydrogens is 332 g/mol. The third kappa shape index (κ3) is 3.16. The van der Waals surface area contributed by atoms with Gasteiger partial charge >= 0.3 is 0 Å². The van der Waals surface area contributed by atoms with Gasteiger partial charge in [0.2, 0.25) is 5.91 Å². The molecule has 3 rings (SSSR count). The van der Waals surface area contributed by atoms with E-state index in [0.717, 1.165) is 10.2 Å². The first kappa shape index (κ1) is 16.2. The zero-order valence-electron chi connectivity index (χ0n) is 13.2. The maximum absolute atomic E-state index is 12.3. The van der Waals surface area contributed by atoms with E-state index in [9.17, 15) is 9.59 Å². The normalized spacial score (nSPS) is 11.0. The average Bonchev–Trinajstić information content (AvgIpc) is 2.94. The maximum atomic E-state index is 12.3. The highest BCUT2D eigenvalue weighted by Crippen LogP contribution is 2.16. The molecule has 7 nitrogen and oxygen atoms in total. The third-order valence-electron chi connectivity index (χ3n) is 3.63. The summed E-state index contributed by atoms with van der Waals surface area (Å²) in [7, 11) is 0. The van der Waals surface area contributed by atoms with Crippen LogP contribution in [-0.2, 0) is 17.9 Å². The lowest BCUT2D eigenvalue weighted by atomic mass is 10.2. The van der Waals surface area contributed by atoms with Crippen LogP contribution in [0, 0.1) is 13.8 Å². The zero-order valence-corrected chi connectivity index (χ0v) is 13.9. The fourth-order valence-electron chi connectivity index (χ4n) is 2.44. The van der Waals surface area contributed by atoms with E-state index in [1.807, 2.05) is 12.1 Å². The molecule has 0 unspecified atom stereocenters. The zero-order chi connectivity index (χ0) is 17.3. The minimum absolute atomic E-state index is 0.185. The van der Waals surface area contributed by atoms with Crippen LogP contribution in [0.4, 0.5) is 0 Å². The summed E-state index contributed by atoms with van der Waals surface area (Å²) in [5.41, 5.74) is 1.24. The molecule has 0 bridgehead atoms. The van der Waals surface area contributed by atoms with E-state index < -0.39 is 5.56 Å². The first-order valence-corrected chi connectivity index (χ1v) is 7.68. The number of hydrogen-bond acceptors (Lipinski definition) is 5. The summed E-state index contributed by atoms with van der Waals surface area (Å²) in [6.45, 7) is 3.62. The van der Waals surface area contributed by atoms with Crippen molar-refractivity contribution in [2.24, 2.45) is 0 Å². The smallest absolute Gasteiger partial charge is 0.297 e. The Morgan fingerprint density at radius 1 is 1.29 bits per heavy atom. The van der Waals surface area contributed by atoms with Gasteiger partial charge in [0, 0.05) is 11.6 Å². The van der Waals surface area contributed by atoms with Crippen LogP contribution in [0.2, 0.25) is 5.02 Å². The van der Waals surface area contributed by atoms with Crippen molar-refractivity contribution < 1.29 is 9.32 Å². The first-order chi connectivity index (χ1) is 11.5. The molecule has 124 valence electrons. The van der Waals surface area contributed by atoms with E-state index in [4.69, 9.17) is 16.1 Å².